The van der Waals surface area contributed by atoms with Crippen molar-refractivity contribution in [3.63, 3.8) is 0 Å². The molecule has 1 aromatic heterocycles. The maximum Gasteiger partial charge on any atom is 0.143 e. The van der Waals surface area contributed by atoms with Gasteiger partial charge < -0.3 is 5.32 Å². The lowest BCUT2D eigenvalue weighted by molar-refractivity contribution is 0.621. The zero-order valence-electron chi connectivity index (χ0n) is 10.9. The van der Waals surface area contributed by atoms with Crippen LogP contribution in [0, 0.1) is 0 Å². The highest BCUT2D eigenvalue weighted by Gasteiger charge is 2.09. The summed E-state index contributed by atoms with van der Waals surface area (Å²) in [6, 6.07) is 8.58. The molecule has 1 atom stereocenters. The van der Waals surface area contributed by atoms with Crippen LogP contribution in [0.1, 0.15) is 33.1 Å². The summed E-state index contributed by atoms with van der Waals surface area (Å²) in [6.45, 7) is 4.41. The van der Waals surface area contributed by atoms with E-state index in [-0.39, 0.29) is 0 Å². The zero-order valence-corrected chi connectivity index (χ0v) is 10.9. The van der Waals surface area contributed by atoms with E-state index in [9.17, 15) is 0 Å². The monoisotopic (exact) mass is 245 g/mol. The lowest BCUT2D eigenvalue weighted by atomic mass is 10.1. The highest BCUT2D eigenvalue weighted by molar-refractivity contribution is 5.60. The van der Waals surface area contributed by atoms with Crippen LogP contribution in [0.3, 0.4) is 0 Å². The molecule has 0 amide bonds. The van der Waals surface area contributed by atoms with Crippen LogP contribution in [0.25, 0.3) is 5.69 Å². The molecule has 2 rings (SSSR count). The van der Waals surface area contributed by atoms with Crippen molar-refractivity contribution in [3.8, 4) is 5.69 Å². The van der Waals surface area contributed by atoms with Gasteiger partial charge >= 0.3 is 0 Å². The Bertz CT molecular complexity index is 466. The van der Waals surface area contributed by atoms with Crippen LogP contribution in [0.2, 0.25) is 0 Å². The molecule has 0 aliphatic carbocycles. The van der Waals surface area contributed by atoms with Gasteiger partial charge in [0.25, 0.3) is 0 Å². The van der Waals surface area contributed by atoms with Crippen LogP contribution in [0.5, 0.6) is 0 Å². The number of nitrogens with one attached hydrogen (secondary N) is 1. The summed E-state index contributed by atoms with van der Waals surface area (Å²) in [5.41, 5.74) is 2.06. The maximum atomic E-state index is 3.94. The molecule has 0 aliphatic rings. The maximum absolute atomic E-state index is 3.94. The number of para-hydroxylation sites is 2. The molecule has 0 saturated carbocycles. The first-order valence-corrected chi connectivity index (χ1v) is 6.44. The van der Waals surface area contributed by atoms with Crippen molar-refractivity contribution >= 4 is 5.69 Å². The molecule has 2 aromatic rings. The van der Waals surface area contributed by atoms with E-state index in [1.807, 2.05) is 18.2 Å². The molecule has 96 valence electrons. The third kappa shape index (κ3) is 2.85. The van der Waals surface area contributed by atoms with E-state index in [2.05, 4.69) is 40.8 Å². The van der Waals surface area contributed by atoms with E-state index >= 15 is 0 Å². The molecule has 5 heteroatoms. The van der Waals surface area contributed by atoms with Gasteiger partial charge in [-0.15, -0.1) is 5.10 Å². The van der Waals surface area contributed by atoms with Gasteiger partial charge in [-0.05, 0) is 35.4 Å². The highest BCUT2D eigenvalue weighted by atomic mass is 15.5. The largest absolute Gasteiger partial charge is 0.381 e. The van der Waals surface area contributed by atoms with Crippen molar-refractivity contribution in [2.75, 3.05) is 5.32 Å². The van der Waals surface area contributed by atoms with Crippen LogP contribution in [-0.4, -0.2) is 26.2 Å². The van der Waals surface area contributed by atoms with E-state index in [1.165, 1.54) is 12.8 Å². The highest BCUT2D eigenvalue weighted by Crippen LogP contribution is 2.21. The van der Waals surface area contributed by atoms with E-state index < -0.39 is 0 Å². The Balaban J connectivity index is 2.22. The number of nitrogens with zero attached hydrogens (tertiary/aromatic N) is 4. The smallest absolute Gasteiger partial charge is 0.143 e. The van der Waals surface area contributed by atoms with E-state index in [0.717, 1.165) is 17.8 Å². The van der Waals surface area contributed by atoms with Gasteiger partial charge in [0.15, 0.2) is 0 Å². The molecule has 1 unspecified atom stereocenters. The minimum absolute atomic E-state index is 0.493. The minimum atomic E-state index is 0.493. The fourth-order valence-corrected chi connectivity index (χ4v) is 2.01. The molecule has 1 heterocycles. The summed E-state index contributed by atoms with van der Waals surface area (Å²) in [5.74, 6) is 0. The Morgan fingerprint density at radius 1 is 1.28 bits per heavy atom. The average molecular weight is 245 g/mol. The summed E-state index contributed by atoms with van der Waals surface area (Å²) >= 11 is 0. The molecule has 0 aliphatic heterocycles. The Labute approximate surface area is 107 Å². The molecular formula is C13H19N5. The summed E-state index contributed by atoms with van der Waals surface area (Å²) in [6.07, 6.45) is 5.07. The van der Waals surface area contributed by atoms with Crippen LogP contribution < -0.4 is 5.32 Å². The molecule has 1 aromatic carbocycles. The molecular weight excluding hydrogens is 226 g/mol. The van der Waals surface area contributed by atoms with Crippen molar-refractivity contribution < 1.29 is 0 Å². The number of hydrogen-bond donors (Lipinski definition) is 1. The standard InChI is InChI=1S/C13H19N5/c1-3-7-11(4-2)15-12-8-5-6-9-13(12)18-10-14-16-17-18/h5-6,8-11,15H,3-4,7H2,1-2H3. The van der Waals surface area contributed by atoms with Crippen LogP contribution >= 0.6 is 0 Å². The topological polar surface area (TPSA) is 55.6 Å². The number of tetrazole rings is 1. The second-order valence-corrected chi connectivity index (χ2v) is 4.31. The summed E-state index contributed by atoms with van der Waals surface area (Å²) in [5, 5.41) is 14.9. The summed E-state index contributed by atoms with van der Waals surface area (Å²) in [4.78, 5) is 0. The Kier molecular flexibility index (Phi) is 4.28. The second-order valence-electron chi connectivity index (χ2n) is 4.31. The quantitative estimate of drug-likeness (QED) is 0.850. The van der Waals surface area contributed by atoms with E-state index in [0.29, 0.717) is 6.04 Å². The molecule has 0 spiro atoms. The first-order chi connectivity index (χ1) is 8.85. The summed E-state index contributed by atoms with van der Waals surface area (Å²) < 4.78 is 1.68. The van der Waals surface area contributed by atoms with Crippen molar-refractivity contribution in [1.29, 1.82) is 0 Å². The van der Waals surface area contributed by atoms with Crippen LogP contribution in [0.4, 0.5) is 5.69 Å². The SMILES string of the molecule is CCCC(CC)Nc1ccccc1-n1cnnn1. The Morgan fingerprint density at radius 2 is 2.11 bits per heavy atom. The molecule has 0 saturated heterocycles. The Hall–Kier alpha value is -1.91. The van der Waals surface area contributed by atoms with Crippen molar-refractivity contribution in [1.82, 2.24) is 20.2 Å². The van der Waals surface area contributed by atoms with Gasteiger partial charge in [-0.3, -0.25) is 0 Å². The summed E-state index contributed by atoms with van der Waals surface area (Å²) in [7, 11) is 0. The first kappa shape index (κ1) is 12.5. The molecule has 0 bridgehead atoms. The second kappa shape index (κ2) is 6.14. The van der Waals surface area contributed by atoms with Gasteiger partial charge in [0.1, 0.15) is 6.33 Å². The number of hydrogen-bond acceptors (Lipinski definition) is 4. The van der Waals surface area contributed by atoms with E-state index in [1.54, 1.807) is 11.0 Å². The predicted octanol–water partition coefficient (Wildman–Crippen LogP) is 2.65. The number of benzene rings is 1. The molecule has 1 N–H and O–H groups in total. The normalized spacial score (nSPS) is 12.3. The zero-order chi connectivity index (χ0) is 12.8. The van der Waals surface area contributed by atoms with Gasteiger partial charge in [0, 0.05) is 6.04 Å². The predicted molar refractivity (Wildman–Crippen MR) is 71.8 cm³/mol. The first-order valence-electron chi connectivity index (χ1n) is 6.44. The lowest BCUT2D eigenvalue weighted by Gasteiger charge is -2.19. The molecule has 0 radical (unpaired) electrons. The molecule has 18 heavy (non-hydrogen) atoms. The van der Waals surface area contributed by atoms with Crippen LogP contribution in [-0.2, 0) is 0 Å². The number of anilines is 1. The van der Waals surface area contributed by atoms with Gasteiger partial charge in [0.05, 0.1) is 11.4 Å². The average Bonchev–Trinajstić information content (AvgIpc) is 2.92. The van der Waals surface area contributed by atoms with Crippen molar-refractivity contribution in [2.24, 2.45) is 0 Å². The number of rotatable bonds is 6. The van der Waals surface area contributed by atoms with Gasteiger partial charge in [-0.25, -0.2) is 0 Å². The van der Waals surface area contributed by atoms with Crippen molar-refractivity contribution in [2.45, 2.75) is 39.2 Å². The van der Waals surface area contributed by atoms with E-state index in [4.69, 9.17) is 0 Å². The molecule has 5 nitrogen and oxygen atoms in total. The minimum Gasteiger partial charge on any atom is -0.381 e. The lowest BCUT2D eigenvalue weighted by Crippen LogP contribution is -2.19. The van der Waals surface area contributed by atoms with Gasteiger partial charge in [-0.2, -0.15) is 4.68 Å². The van der Waals surface area contributed by atoms with Gasteiger partial charge in [-0.1, -0.05) is 32.4 Å². The number of aromatic nitrogens is 4. The third-order valence-corrected chi connectivity index (χ3v) is 2.99. The fraction of sp³-hybridized carbons (Fsp3) is 0.462. The van der Waals surface area contributed by atoms with Crippen molar-refractivity contribution in [3.05, 3.63) is 30.6 Å². The fourth-order valence-electron chi connectivity index (χ4n) is 2.01. The molecule has 0 fully saturated rings. The Morgan fingerprint density at radius 3 is 2.78 bits per heavy atom. The van der Waals surface area contributed by atoms with Crippen LogP contribution in [0.15, 0.2) is 30.6 Å². The van der Waals surface area contributed by atoms with Gasteiger partial charge in [0.2, 0.25) is 0 Å². The third-order valence-electron chi connectivity index (χ3n) is 2.99.